The van der Waals surface area contributed by atoms with Crippen molar-refractivity contribution in [2.24, 2.45) is 4.99 Å². The lowest BCUT2D eigenvalue weighted by Crippen LogP contribution is -2.44. The molecule has 1 unspecified atom stereocenters. The average Bonchev–Trinajstić information content (AvgIpc) is 3.38. The van der Waals surface area contributed by atoms with Crippen LogP contribution in [0.3, 0.4) is 0 Å². The quantitative estimate of drug-likeness (QED) is 0.515. The molecule has 0 saturated carbocycles. The maximum Gasteiger partial charge on any atom is 0.191 e. The van der Waals surface area contributed by atoms with Gasteiger partial charge in [0.1, 0.15) is 0 Å². The molecule has 1 atom stereocenters. The first-order valence-electron chi connectivity index (χ1n) is 10.3. The second-order valence-electron chi connectivity index (χ2n) is 7.21. The highest BCUT2D eigenvalue weighted by molar-refractivity contribution is 7.13. The number of aliphatic imine (C=N–C) groups is 1. The number of ether oxygens (including phenoxy) is 1. The Hall–Kier alpha value is -1.38. The predicted octanol–water partition coefficient (Wildman–Crippen LogP) is 1.56. The van der Waals surface area contributed by atoms with Gasteiger partial charge in [-0.2, -0.15) is 0 Å². The van der Waals surface area contributed by atoms with Gasteiger partial charge in [-0.25, -0.2) is 4.98 Å². The lowest BCUT2D eigenvalue weighted by atomic mass is 10.2. The zero-order valence-electron chi connectivity index (χ0n) is 16.7. The normalized spacial score (nSPS) is 20.1. The predicted molar refractivity (Wildman–Crippen MR) is 113 cm³/mol. The molecule has 0 spiro atoms. The van der Waals surface area contributed by atoms with Crippen LogP contribution in [0.4, 0.5) is 5.13 Å². The first-order chi connectivity index (χ1) is 13.3. The van der Waals surface area contributed by atoms with Crippen molar-refractivity contribution < 1.29 is 4.74 Å². The van der Waals surface area contributed by atoms with Gasteiger partial charge >= 0.3 is 0 Å². The van der Waals surface area contributed by atoms with Crippen LogP contribution in [0, 0.1) is 0 Å². The molecule has 3 rings (SSSR count). The minimum absolute atomic E-state index is 0.436. The standard InChI is InChI=1S/C19H34N6OS/c1-3-20-18(22-14-16(2)24-10-12-26-13-11-24)21-7-6-17-15-27-19(23-17)25-8-4-5-9-25/h15-16H,3-14H2,1-2H3,(H2,20,21,22). The molecule has 8 heteroatoms. The minimum atomic E-state index is 0.436. The lowest BCUT2D eigenvalue weighted by Gasteiger charge is -2.31. The third-order valence-corrected chi connectivity index (χ3v) is 6.07. The van der Waals surface area contributed by atoms with Crippen molar-refractivity contribution in [3.63, 3.8) is 0 Å². The van der Waals surface area contributed by atoms with Gasteiger partial charge in [0.15, 0.2) is 11.1 Å². The maximum absolute atomic E-state index is 5.43. The highest BCUT2D eigenvalue weighted by Crippen LogP contribution is 2.24. The maximum atomic E-state index is 5.43. The Bertz CT molecular complexity index is 581. The molecule has 1 aromatic rings. The largest absolute Gasteiger partial charge is 0.379 e. The van der Waals surface area contributed by atoms with Gasteiger partial charge in [0, 0.05) is 57.1 Å². The first kappa shape index (κ1) is 20.4. The van der Waals surface area contributed by atoms with Crippen LogP contribution in [0.15, 0.2) is 10.4 Å². The van der Waals surface area contributed by atoms with Crippen molar-refractivity contribution in [1.29, 1.82) is 0 Å². The van der Waals surface area contributed by atoms with Gasteiger partial charge < -0.3 is 20.3 Å². The van der Waals surface area contributed by atoms with Crippen LogP contribution in [-0.4, -0.2) is 80.9 Å². The number of guanidine groups is 1. The number of anilines is 1. The molecule has 152 valence electrons. The average molecular weight is 395 g/mol. The van der Waals surface area contributed by atoms with E-state index >= 15 is 0 Å². The summed E-state index contributed by atoms with van der Waals surface area (Å²) in [5.41, 5.74) is 1.17. The van der Waals surface area contributed by atoms with Gasteiger partial charge in [0.2, 0.25) is 0 Å². The fourth-order valence-corrected chi connectivity index (χ4v) is 4.39. The molecule has 1 aromatic heterocycles. The van der Waals surface area contributed by atoms with E-state index in [1.165, 1.54) is 23.7 Å². The molecule has 7 nitrogen and oxygen atoms in total. The summed E-state index contributed by atoms with van der Waals surface area (Å²) in [6, 6.07) is 0.436. The van der Waals surface area contributed by atoms with Crippen molar-refractivity contribution in [2.45, 2.75) is 39.2 Å². The number of hydrogen-bond donors (Lipinski definition) is 2. The molecule has 2 fully saturated rings. The van der Waals surface area contributed by atoms with Crippen LogP contribution in [0.25, 0.3) is 0 Å². The summed E-state index contributed by atoms with van der Waals surface area (Å²) < 4.78 is 5.43. The Labute approximate surface area is 167 Å². The highest BCUT2D eigenvalue weighted by atomic mass is 32.1. The van der Waals surface area contributed by atoms with E-state index in [2.05, 4.69) is 39.7 Å². The van der Waals surface area contributed by atoms with E-state index in [1.807, 2.05) is 0 Å². The Morgan fingerprint density at radius 2 is 2.04 bits per heavy atom. The molecule has 2 aliphatic heterocycles. The summed E-state index contributed by atoms with van der Waals surface area (Å²) in [5, 5.41) is 10.2. The summed E-state index contributed by atoms with van der Waals surface area (Å²) in [7, 11) is 0. The molecule has 2 N–H and O–H groups in total. The fraction of sp³-hybridized carbons (Fsp3) is 0.789. The summed E-state index contributed by atoms with van der Waals surface area (Å²) in [6.45, 7) is 12.8. The molecule has 0 bridgehead atoms. The third kappa shape index (κ3) is 6.33. The van der Waals surface area contributed by atoms with Crippen LogP contribution in [0.2, 0.25) is 0 Å². The number of morpholine rings is 1. The highest BCUT2D eigenvalue weighted by Gasteiger charge is 2.17. The van der Waals surface area contributed by atoms with Crippen molar-refractivity contribution in [2.75, 3.05) is 63.9 Å². The summed E-state index contributed by atoms with van der Waals surface area (Å²) >= 11 is 1.77. The summed E-state index contributed by atoms with van der Waals surface area (Å²) in [6.07, 6.45) is 3.51. The molecular formula is C19H34N6OS. The second-order valence-corrected chi connectivity index (χ2v) is 8.05. The Kier molecular flexibility index (Phi) is 8.16. The van der Waals surface area contributed by atoms with E-state index in [0.717, 1.165) is 71.4 Å². The SMILES string of the molecule is CCNC(=NCC(C)N1CCOCC1)NCCc1csc(N2CCCC2)n1. The number of aromatic nitrogens is 1. The Morgan fingerprint density at radius 1 is 1.26 bits per heavy atom. The molecule has 27 heavy (non-hydrogen) atoms. The molecule has 0 aromatic carbocycles. The number of rotatable bonds is 8. The number of hydrogen-bond acceptors (Lipinski definition) is 6. The third-order valence-electron chi connectivity index (χ3n) is 5.12. The fourth-order valence-electron chi connectivity index (χ4n) is 3.47. The number of nitrogens with zero attached hydrogens (tertiary/aromatic N) is 4. The van der Waals surface area contributed by atoms with Crippen molar-refractivity contribution >= 4 is 22.4 Å². The number of nitrogens with one attached hydrogen (secondary N) is 2. The summed E-state index contributed by atoms with van der Waals surface area (Å²) in [5.74, 6) is 0.896. The molecule has 0 aliphatic carbocycles. The first-order valence-corrected chi connectivity index (χ1v) is 11.2. The second kappa shape index (κ2) is 10.8. The van der Waals surface area contributed by atoms with Crippen LogP contribution in [0.1, 0.15) is 32.4 Å². The van der Waals surface area contributed by atoms with E-state index in [-0.39, 0.29) is 0 Å². The van der Waals surface area contributed by atoms with Crippen LogP contribution >= 0.6 is 11.3 Å². The summed E-state index contributed by atoms with van der Waals surface area (Å²) in [4.78, 5) is 14.4. The molecule has 0 radical (unpaired) electrons. The minimum Gasteiger partial charge on any atom is -0.379 e. The van der Waals surface area contributed by atoms with E-state index in [0.29, 0.717) is 6.04 Å². The van der Waals surface area contributed by atoms with Crippen LogP contribution < -0.4 is 15.5 Å². The van der Waals surface area contributed by atoms with Gasteiger partial charge in [-0.3, -0.25) is 9.89 Å². The Morgan fingerprint density at radius 3 is 2.78 bits per heavy atom. The zero-order chi connectivity index (χ0) is 18.9. The van der Waals surface area contributed by atoms with Crippen molar-refractivity contribution in [3.05, 3.63) is 11.1 Å². The van der Waals surface area contributed by atoms with Gasteiger partial charge in [-0.15, -0.1) is 11.3 Å². The van der Waals surface area contributed by atoms with Crippen molar-refractivity contribution in [3.8, 4) is 0 Å². The molecule has 2 saturated heterocycles. The van der Waals surface area contributed by atoms with Crippen LogP contribution in [0.5, 0.6) is 0 Å². The van der Waals surface area contributed by atoms with E-state index in [1.54, 1.807) is 11.3 Å². The van der Waals surface area contributed by atoms with Crippen LogP contribution in [-0.2, 0) is 11.2 Å². The molecule has 3 heterocycles. The monoisotopic (exact) mass is 394 g/mol. The van der Waals surface area contributed by atoms with Gasteiger partial charge in [-0.1, -0.05) is 0 Å². The van der Waals surface area contributed by atoms with Gasteiger partial charge in [0.05, 0.1) is 25.5 Å². The smallest absolute Gasteiger partial charge is 0.191 e. The van der Waals surface area contributed by atoms with Gasteiger partial charge in [-0.05, 0) is 26.7 Å². The topological polar surface area (TPSA) is 65.0 Å². The van der Waals surface area contributed by atoms with E-state index in [9.17, 15) is 0 Å². The van der Waals surface area contributed by atoms with Gasteiger partial charge in [0.25, 0.3) is 0 Å². The van der Waals surface area contributed by atoms with E-state index < -0.39 is 0 Å². The molecular weight excluding hydrogens is 360 g/mol. The van der Waals surface area contributed by atoms with Crippen molar-refractivity contribution in [1.82, 2.24) is 20.5 Å². The number of thiazole rings is 1. The van der Waals surface area contributed by atoms with E-state index in [4.69, 9.17) is 14.7 Å². The Balaban J connectivity index is 1.43. The zero-order valence-corrected chi connectivity index (χ0v) is 17.6. The molecule has 0 amide bonds. The lowest BCUT2D eigenvalue weighted by molar-refractivity contribution is 0.0220. The molecule has 2 aliphatic rings.